The van der Waals surface area contributed by atoms with E-state index in [4.69, 9.17) is 4.74 Å². The molecule has 1 saturated heterocycles. The molecule has 3 heterocycles. The van der Waals surface area contributed by atoms with Gasteiger partial charge in [0.2, 0.25) is 17.7 Å². The number of imide groups is 1. The summed E-state index contributed by atoms with van der Waals surface area (Å²) in [6.45, 7) is 1.61. The summed E-state index contributed by atoms with van der Waals surface area (Å²) in [5.74, 6) is -3.76. The van der Waals surface area contributed by atoms with E-state index >= 15 is 0 Å². The van der Waals surface area contributed by atoms with Gasteiger partial charge in [-0.15, -0.1) is 0 Å². The number of aromatic nitrogens is 1. The average molecular weight is 618 g/mol. The van der Waals surface area contributed by atoms with Crippen LogP contribution in [-0.2, 0) is 25.7 Å². The van der Waals surface area contributed by atoms with Crippen LogP contribution in [0.5, 0.6) is 0 Å². The number of carbonyl (C=O) groups is 4. The van der Waals surface area contributed by atoms with Gasteiger partial charge >= 0.3 is 10.8 Å². The monoisotopic (exact) mass is 617 g/mol. The summed E-state index contributed by atoms with van der Waals surface area (Å²) in [4.78, 5) is 67.1. The summed E-state index contributed by atoms with van der Waals surface area (Å²) in [5, 5.41) is 2.30. The SMILES string of the molecule is CCOC(=O)c1ccc(NC(=O)Cn2c3c(sc2=O)[C@@H](c2ccc(F)cc2)[C@@H]2C(=O)N(c4ccccc4)C(=O)[C@@H]2S3)cc1. The van der Waals surface area contributed by atoms with E-state index in [9.17, 15) is 28.4 Å². The van der Waals surface area contributed by atoms with Crippen molar-refractivity contribution in [1.82, 2.24) is 4.57 Å². The normalized spacial score (nSPS) is 19.1. The summed E-state index contributed by atoms with van der Waals surface area (Å²) >= 11 is 2.01. The fourth-order valence-corrected chi connectivity index (χ4v) is 8.14. The number of nitrogens with one attached hydrogen (secondary N) is 1. The van der Waals surface area contributed by atoms with E-state index in [0.717, 1.165) is 23.1 Å². The number of hydrogen-bond acceptors (Lipinski definition) is 8. The minimum atomic E-state index is -0.853. The van der Waals surface area contributed by atoms with Crippen LogP contribution in [0.3, 0.4) is 0 Å². The van der Waals surface area contributed by atoms with Gasteiger partial charge in [0.1, 0.15) is 17.6 Å². The quantitative estimate of drug-likeness (QED) is 0.237. The number of anilines is 2. The predicted molar refractivity (Wildman–Crippen MR) is 160 cm³/mol. The third-order valence-electron chi connectivity index (χ3n) is 7.27. The predicted octanol–water partition coefficient (Wildman–Crippen LogP) is 4.66. The van der Waals surface area contributed by atoms with E-state index in [1.807, 2.05) is 0 Å². The van der Waals surface area contributed by atoms with Gasteiger partial charge in [-0.05, 0) is 61.0 Å². The van der Waals surface area contributed by atoms with Gasteiger partial charge in [-0.2, -0.15) is 0 Å². The molecule has 1 N–H and O–H groups in total. The molecule has 1 fully saturated rings. The molecule has 0 aliphatic carbocycles. The molecular formula is C31H24FN3O6S2. The van der Waals surface area contributed by atoms with E-state index < -0.39 is 51.5 Å². The van der Waals surface area contributed by atoms with Crippen LogP contribution in [0.15, 0.2) is 88.7 Å². The van der Waals surface area contributed by atoms with Crippen LogP contribution >= 0.6 is 23.1 Å². The number of thiazole rings is 1. The van der Waals surface area contributed by atoms with Crippen LogP contribution < -0.4 is 15.1 Å². The number of nitrogens with zero attached hydrogens (tertiary/aromatic N) is 2. The number of rotatable bonds is 7. The number of thioether (sulfide) groups is 1. The fraction of sp³-hybridized carbons (Fsp3) is 0.194. The van der Waals surface area contributed by atoms with Gasteiger partial charge in [-0.25, -0.2) is 14.1 Å². The van der Waals surface area contributed by atoms with Crippen molar-refractivity contribution in [2.75, 3.05) is 16.8 Å². The molecule has 3 amide bonds. The summed E-state index contributed by atoms with van der Waals surface area (Å²) in [5.41, 5.74) is 1.79. The molecule has 6 rings (SSSR count). The average Bonchev–Trinajstić information content (AvgIpc) is 3.44. The van der Waals surface area contributed by atoms with Gasteiger partial charge in [-0.3, -0.25) is 23.7 Å². The number of hydrogen-bond donors (Lipinski definition) is 1. The van der Waals surface area contributed by atoms with Crippen LogP contribution in [0.4, 0.5) is 15.8 Å². The second-order valence-electron chi connectivity index (χ2n) is 9.91. The smallest absolute Gasteiger partial charge is 0.338 e. The molecule has 3 aromatic carbocycles. The Morgan fingerprint density at radius 1 is 0.930 bits per heavy atom. The molecule has 3 atom stereocenters. The van der Waals surface area contributed by atoms with Crippen molar-refractivity contribution in [3.05, 3.63) is 110 Å². The lowest BCUT2D eigenvalue weighted by atomic mass is 9.83. The summed E-state index contributed by atoms with van der Waals surface area (Å²) < 4.78 is 20.2. The van der Waals surface area contributed by atoms with Crippen LogP contribution in [-0.4, -0.2) is 40.1 Å². The maximum Gasteiger partial charge on any atom is 0.338 e. The summed E-state index contributed by atoms with van der Waals surface area (Å²) in [6, 6.07) is 20.5. The molecule has 9 nitrogen and oxygen atoms in total. The Morgan fingerprint density at radius 2 is 1.63 bits per heavy atom. The zero-order valence-corrected chi connectivity index (χ0v) is 24.3. The highest BCUT2D eigenvalue weighted by Gasteiger charge is 2.56. The van der Waals surface area contributed by atoms with E-state index in [0.29, 0.717) is 32.4 Å². The molecule has 2 aliphatic rings. The van der Waals surface area contributed by atoms with Crippen molar-refractivity contribution in [3.8, 4) is 0 Å². The number of para-hydroxylation sites is 1. The minimum Gasteiger partial charge on any atom is -0.462 e. The van der Waals surface area contributed by atoms with Gasteiger partial charge in [0, 0.05) is 16.5 Å². The Morgan fingerprint density at radius 3 is 2.30 bits per heavy atom. The van der Waals surface area contributed by atoms with Crippen LogP contribution in [0.2, 0.25) is 0 Å². The highest BCUT2D eigenvalue weighted by Crippen LogP contribution is 2.53. The molecule has 2 aliphatic heterocycles. The second-order valence-corrected chi connectivity index (χ2v) is 12.0. The van der Waals surface area contributed by atoms with Crippen LogP contribution in [0.25, 0.3) is 0 Å². The molecule has 218 valence electrons. The largest absolute Gasteiger partial charge is 0.462 e. The Bertz CT molecular complexity index is 1790. The number of ether oxygens (including phenoxy) is 1. The van der Waals surface area contributed by atoms with Crippen LogP contribution in [0.1, 0.15) is 33.6 Å². The number of halogens is 1. The van der Waals surface area contributed by atoms with E-state index in [2.05, 4.69) is 5.32 Å². The minimum absolute atomic E-state index is 0.239. The van der Waals surface area contributed by atoms with Gasteiger partial charge in [0.25, 0.3) is 0 Å². The molecule has 1 aromatic heterocycles. The first-order chi connectivity index (χ1) is 20.8. The van der Waals surface area contributed by atoms with Crippen molar-refractivity contribution in [2.45, 2.75) is 29.7 Å². The van der Waals surface area contributed by atoms with Gasteiger partial charge in [-0.1, -0.05) is 53.4 Å². The maximum absolute atomic E-state index is 13.9. The van der Waals surface area contributed by atoms with Crippen molar-refractivity contribution < 1.29 is 28.3 Å². The zero-order chi connectivity index (χ0) is 30.2. The van der Waals surface area contributed by atoms with Gasteiger partial charge in [0.15, 0.2) is 0 Å². The second kappa shape index (κ2) is 11.6. The van der Waals surface area contributed by atoms with Gasteiger partial charge in [0.05, 0.1) is 28.8 Å². The summed E-state index contributed by atoms with van der Waals surface area (Å²) in [6.07, 6.45) is 0. The Kier molecular flexibility index (Phi) is 7.72. The fourth-order valence-electron chi connectivity index (χ4n) is 5.36. The number of carbonyl (C=O) groups excluding carboxylic acids is 4. The van der Waals surface area contributed by atoms with E-state index in [1.54, 1.807) is 61.5 Å². The van der Waals surface area contributed by atoms with Crippen molar-refractivity contribution >= 4 is 58.2 Å². The molecule has 43 heavy (non-hydrogen) atoms. The number of fused-ring (bicyclic) bond motifs is 2. The molecule has 0 saturated carbocycles. The van der Waals surface area contributed by atoms with Crippen molar-refractivity contribution in [2.24, 2.45) is 5.92 Å². The molecular weight excluding hydrogens is 593 g/mol. The lowest BCUT2D eigenvalue weighted by molar-refractivity contribution is -0.122. The third kappa shape index (κ3) is 5.28. The topological polar surface area (TPSA) is 115 Å². The third-order valence-corrected chi connectivity index (χ3v) is 9.88. The highest BCUT2D eigenvalue weighted by molar-refractivity contribution is 8.00. The Balaban J connectivity index is 1.33. The summed E-state index contributed by atoms with van der Waals surface area (Å²) in [7, 11) is 0. The molecule has 4 aromatic rings. The molecule has 0 radical (unpaired) electrons. The lowest BCUT2D eigenvalue weighted by Crippen LogP contribution is -2.33. The van der Waals surface area contributed by atoms with Crippen LogP contribution in [0, 0.1) is 11.7 Å². The van der Waals surface area contributed by atoms with E-state index in [-0.39, 0.29) is 13.2 Å². The Labute approximate surface area is 253 Å². The molecule has 12 heteroatoms. The number of esters is 1. The highest BCUT2D eigenvalue weighted by atomic mass is 32.2. The van der Waals surface area contributed by atoms with E-state index in [1.165, 1.54) is 33.7 Å². The zero-order valence-electron chi connectivity index (χ0n) is 22.7. The Hall–Kier alpha value is -4.55. The maximum atomic E-state index is 13.9. The lowest BCUT2D eigenvalue weighted by Gasteiger charge is -2.30. The molecule has 0 unspecified atom stereocenters. The number of benzene rings is 3. The number of amides is 3. The molecule has 0 bridgehead atoms. The standard InChI is InChI=1S/C31H24FN3O6S2/c1-2-41-30(39)18-10-14-20(15-11-18)33-22(36)16-34-29-26(43-31(34)40)23(17-8-12-19(32)13-9-17)24-25(42-29)28(38)35(27(24)37)21-6-4-3-5-7-21/h3-15,23-25H,2,16H2,1H3,(H,33,36)/t23-,24-,25+/m0/s1. The first-order valence-electron chi connectivity index (χ1n) is 13.4. The van der Waals surface area contributed by atoms with Crippen molar-refractivity contribution in [1.29, 1.82) is 0 Å². The van der Waals surface area contributed by atoms with Crippen molar-refractivity contribution in [3.63, 3.8) is 0 Å². The van der Waals surface area contributed by atoms with Gasteiger partial charge < -0.3 is 10.1 Å². The first-order valence-corrected chi connectivity index (χ1v) is 15.1. The molecule has 0 spiro atoms. The first kappa shape index (κ1) is 28.6.